The van der Waals surface area contributed by atoms with Crippen molar-refractivity contribution in [2.24, 2.45) is 0 Å². The lowest BCUT2D eigenvalue weighted by Gasteiger charge is -2.42. The zero-order chi connectivity index (χ0) is 20.1. The molecule has 1 aromatic heterocycles. The highest BCUT2D eigenvalue weighted by Crippen LogP contribution is 2.44. The van der Waals surface area contributed by atoms with E-state index < -0.39 is 6.10 Å². The molecule has 0 radical (unpaired) electrons. The minimum atomic E-state index is -0.761. The Kier molecular flexibility index (Phi) is 4.36. The van der Waals surface area contributed by atoms with Gasteiger partial charge in [-0.25, -0.2) is 0 Å². The molecule has 28 heavy (non-hydrogen) atoms. The first-order valence-corrected chi connectivity index (χ1v) is 10.1. The fourth-order valence-electron chi connectivity index (χ4n) is 4.07. The molecule has 1 atom stereocenters. The van der Waals surface area contributed by atoms with Crippen LogP contribution < -0.4 is 20.1 Å². The Morgan fingerprint density at radius 1 is 1.29 bits per heavy atom. The van der Waals surface area contributed by atoms with Crippen LogP contribution in [-0.4, -0.2) is 24.2 Å². The van der Waals surface area contributed by atoms with Crippen molar-refractivity contribution in [1.29, 1.82) is 5.26 Å². The van der Waals surface area contributed by atoms with E-state index in [0.29, 0.717) is 22.1 Å². The molecule has 0 saturated carbocycles. The number of nitrogens with zero attached hydrogens (tertiary/aromatic N) is 1. The summed E-state index contributed by atoms with van der Waals surface area (Å²) in [5.74, 6) is 0.868. The lowest BCUT2D eigenvalue weighted by molar-refractivity contribution is -0.125. The van der Waals surface area contributed by atoms with E-state index in [9.17, 15) is 10.1 Å². The minimum Gasteiger partial charge on any atom is -0.485 e. The van der Waals surface area contributed by atoms with Crippen LogP contribution in [-0.2, 0) is 16.8 Å². The second-order valence-electron chi connectivity index (χ2n) is 8.39. The Labute approximate surface area is 168 Å². The first kappa shape index (κ1) is 18.8. The molecular formula is C21H23N3O3S. The number of rotatable bonds is 2. The number of fused-ring (bicyclic) bond motifs is 2. The molecule has 3 heterocycles. The molecule has 0 aliphatic carbocycles. The summed E-state index contributed by atoms with van der Waals surface area (Å²) < 4.78 is 11.4. The number of carbonyl (C=O) groups excluding carboxylic acids is 1. The molecule has 7 heteroatoms. The van der Waals surface area contributed by atoms with Gasteiger partial charge >= 0.3 is 0 Å². The van der Waals surface area contributed by atoms with Crippen LogP contribution in [0, 0.1) is 11.3 Å². The number of benzene rings is 1. The fraction of sp³-hybridized carbons (Fsp3) is 0.429. The Morgan fingerprint density at radius 2 is 2.00 bits per heavy atom. The highest BCUT2D eigenvalue weighted by Gasteiger charge is 2.41. The Balaban J connectivity index is 1.61. The zero-order valence-corrected chi connectivity index (χ0v) is 17.2. The average molecular weight is 398 g/mol. The lowest BCUT2D eigenvalue weighted by Crippen LogP contribution is -2.54. The van der Waals surface area contributed by atoms with Gasteiger partial charge in [0, 0.05) is 16.0 Å². The third kappa shape index (κ3) is 3.23. The van der Waals surface area contributed by atoms with E-state index in [2.05, 4.69) is 44.4 Å². The SMILES string of the molecule is CC1(C)Cc2c(sc(NC(=O)[C@H]3COc4ccccc4O3)c2C#N)C(C)(C)N1. The normalized spacial score (nSPS) is 21.3. The monoisotopic (exact) mass is 397 g/mol. The second-order valence-corrected chi connectivity index (χ2v) is 9.41. The number of nitrogens with one attached hydrogen (secondary N) is 2. The van der Waals surface area contributed by atoms with Gasteiger partial charge in [0.15, 0.2) is 11.5 Å². The molecule has 2 aliphatic rings. The van der Waals surface area contributed by atoms with Gasteiger partial charge in [0.1, 0.15) is 17.7 Å². The summed E-state index contributed by atoms with van der Waals surface area (Å²) in [5.41, 5.74) is 1.16. The minimum absolute atomic E-state index is 0.130. The highest BCUT2D eigenvalue weighted by atomic mass is 32.1. The van der Waals surface area contributed by atoms with Gasteiger partial charge < -0.3 is 20.1 Å². The molecule has 2 N–H and O–H groups in total. The summed E-state index contributed by atoms with van der Waals surface area (Å²) in [7, 11) is 0. The molecule has 1 aromatic carbocycles. The van der Waals surface area contributed by atoms with E-state index >= 15 is 0 Å². The van der Waals surface area contributed by atoms with Crippen LogP contribution in [0.5, 0.6) is 11.5 Å². The maximum Gasteiger partial charge on any atom is 0.269 e. The molecule has 0 unspecified atom stereocenters. The zero-order valence-electron chi connectivity index (χ0n) is 16.4. The molecule has 6 nitrogen and oxygen atoms in total. The van der Waals surface area contributed by atoms with Crippen LogP contribution in [0.4, 0.5) is 5.00 Å². The van der Waals surface area contributed by atoms with Crippen molar-refractivity contribution in [3.05, 3.63) is 40.3 Å². The first-order valence-electron chi connectivity index (χ1n) is 9.25. The Bertz CT molecular complexity index is 987. The number of hydrogen-bond acceptors (Lipinski definition) is 6. The quantitative estimate of drug-likeness (QED) is 0.810. The summed E-state index contributed by atoms with van der Waals surface area (Å²) in [4.78, 5) is 13.9. The van der Waals surface area contributed by atoms with Gasteiger partial charge in [0.25, 0.3) is 5.91 Å². The van der Waals surface area contributed by atoms with Crippen molar-refractivity contribution in [1.82, 2.24) is 5.32 Å². The number of hydrogen-bond donors (Lipinski definition) is 2. The topological polar surface area (TPSA) is 83.4 Å². The summed E-state index contributed by atoms with van der Waals surface area (Å²) in [6.45, 7) is 8.59. The molecule has 4 rings (SSSR count). The maximum atomic E-state index is 12.8. The molecule has 2 aromatic rings. The summed E-state index contributed by atoms with van der Waals surface area (Å²) in [5, 5.41) is 16.9. The Morgan fingerprint density at radius 3 is 2.71 bits per heavy atom. The van der Waals surface area contributed by atoms with Gasteiger partial charge in [0.2, 0.25) is 6.10 Å². The summed E-state index contributed by atoms with van der Waals surface area (Å²) in [6.07, 6.45) is -0.0274. The third-order valence-electron chi connectivity index (χ3n) is 4.99. The number of para-hydroxylation sites is 2. The molecule has 2 aliphatic heterocycles. The predicted octanol–water partition coefficient (Wildman–Crippen LogP) is 3.56. The molecule has 146 valence electrons. The molecule has 0 bridgehead atoms. The van der Waals surface area contributed by atoms with Gasteiger partial charge in [0.05, 0.1) is 5.56 Å². The maximum absolute atomic E-state index is 12.8. The molecule has 1 amide bonds. The number of carbonyl (C=O) groups is 1. The smallest absolute Gasteiger partial charge is 0.269 e. The van der Waals surface area contributed by atoms with Crippen molar-refractivity contribution in [3.63, 3.8) is 0 Å². The van der Waals surface area contributed by atoms with Crippen LogP contribution >= 0.6 is 11.3 Å². The number of ether oxygens (including phenoxy) is 2. The van der Waals surface area contributed by atoms with Crippen LogP contribution in [0.3, 0.4) is 0 Å². The van der Waals surface area contributed by atoms with Crippen LogP contribution in [0.25, 0.3) is 0 Å². The fourth-order valence-corrected chi connectivity index (χ4v) is 5.31. The van der Waals surface area contributed by atoms with Gasteiger partial charge in [-0.3, -0.25) is 4.79 Å². The van der Waals surface area contributed by atoms with E-state index in [-0.39, 0.29) is 23.6 Å². The number of amides is 1. The molecular weight excluding hydrogens is 374 g/mol. The van der Waals surface area contributed by atoms with Crippen molar-refractivity contribution in [3.8, 4) is 17.6 Å². The third-order valence-corrected chi connectivity index (χ3v) is 6.47. The van der Waals surface area contributed by atoms with Crippen molar-refractivity contribution in [2.75, 3.05) is 11.9 Å². The van der Waals surface area contributed by atoms with E-state index in [1.807, 2.05) is 12.1 Å². The molecule has 0 spiro atoms. The average Bonchev–Trinajstić information content (AvgIpc) is 2.97. The van der Waals surface area contributed by atoms with Crippen molar-refractivity contribution in [2.45, 2.75) is 51.3 Å². The van der Waals surface area contributed by atoms with Gasteiger partial charge in [-0.1, -0.05) is 12.1 Å². The number of nitriles is 1. The van der Waals surface area contributed by atoms with E-state index in [1.54, 1.807) is 12.1 Å². The summed E-state index contributed by atoms with van der Waals surface area (Å²) in [6, 6.07) is 9.57. The largest absolute Gasteiger partial charge is 0.485 e. The van der Waals surface area contributed by atoms with Gasteiger partial charge in [-0.05, 0) is 51.8 Å². The van der Waals surface area contributed by atoms with E-state index in [4.69, 9.17) is 9.47 Å². The van der Waals surface area contributed by atoms with E-state index in [1.165, 1.54) is 11.3 Å². The number of thiophene rings is 1. The molecule has 0 fully saturated rings. The lowest BCUT2D eigenvalue weighted by atomic mass is 9.81. The first-order chi connectivity index (χ1) is 13.2. The predicted molar refractivity (Wildman–Crippen MR) is 108 cm³/mol. The van der Waals surface area contributed by atoms with Gasteiger partial charge in [-0.15, -0.1) is 11.3 Å². The highest BCUT2D eigenvalue weighted by molar-refractivity contribution is 7.17. The Hall–Kier alpha value is -2.56. The summed E-state index contributed by atoms with van der Waals surface area (Å²) >= 11 is 1.46. The van der Waals surface area contributed by atoms with E-state index in [0.717, 1.165) is 16.9 Å². The molecule has 0 saturated heterocycles. The van der Waals surface area contributed by atoms with Crippen LogP contribution in [0.1, 0.15) is 43.7 Å². The van der Waals surface area contributed by atoms with Gasteiger partial charge in [-0.2, -0.15) is 5.26 Å². The number of anilines is 1. The van der Waals surface area contributed by atoms with Crippen LogP contribution in [0.15, 0.2) is 24.3 Å². The second kappa shape index (κ2) is 6.50. The van der Waals surface area contributed by atoms with Crippen molar-refractivity contribution >= 4 is 22.2 Å². The van der Waals surface area contributed by atoms with Crippen LogP contribution in [0.2, 0.25) is 0 Å². The standard InChI is InChI=1S/C21H23N3O3S/c1-20(2)9-12-13(10-22)19(28-17(12)21(3,4)24-20)23-18(25)16-11-26-14-7-5-6-8-15(14)27-16/h5-8,16,24H,9,11H2,1-4H3,(H,23,25)/t16-/m1/s1. The van der Waals surface area contributed by atoms with Crippen molar-refractivity contribution < 1.29 is 14.3 Å².